The van der Waals surface area contributed by atoms with E-state index in [1.807, 2.05) is 7.05 Å². The van der Waals surface area contributed by atoms with Crippen molar-refractivity contribution in [1.29, 1.82) is 0 Å². The van der Waals surface area contributed by atoms with Gasteiger partial charge in [-0.15, -0.1) is 5.10 Å². The van der Waals surface area contributed by atoms with Crippen LogP contribution in [0.5, 0.6) is 0 Å². The van der Waals surface area contributed by atoms with Crippen molar-refractivity contribution in [2.75, 3.05) is 25.0 Å². The summed E-state index contributed by atoms with van der Waals surface area (Å²) >= 11 is 0. The van der Waals surface area contributed by atoms with Crippen LogP contribution in [0.4, 0.5) is 6.01 Å². The van der Waals surface area contributed by atoms with E-state index in [2.05, 4.69) is 27.3 Å². The van der Waals surface area contributed by atoms with E-state index in [4.69, 9.17) is 4.42 Å². The second-order valence-corrected chi connectivity index (χ2v) is 4.44. The van der Waals surface area contributed by atoms with Gasteiger partial charge in [-0.1, -0.05) is 18.4 Å². The van der Waals surface area contributed by atoms with Crippen LogP contribution in [0.3, 0.4) is 0 Å². The summed E-state index contributed by atoms with van der Waals surface area (Å²) in [6, 6.07) is 0.639. The van der Waals surface area contributed by atoms with E-state index < -0.39 is 0 Å². The number of hydrogen-bond acceptors (Lipinski definition) is 5. The van der Waals surface area contributed by atoms with Crippen LogP contribution in [0.15, 0.2) is 4.42 Å². The van der Waals surface area contributed by atoms with Gasteiger partial charge in [0.15, 0.2) is 0 Å². The summed E-state index contributed by atoms with van der Waals surface area (Å²) < 4.78 is 5.56. The SMILES string of the molecule is CCNCc1nnc(N(C)CC2CCC2)o1. The van der Waals surface area contributed by atoms with Gasteiger partial charge >= 0.3 is 6.01 Å². The van der Waals surface area contributed by atoms with Gasteiger partial charge in [0, 0.05) is 13.6 Å². The summed E-state index contributed by atoms with van der Waals surface area (Å²) in [5.41, 5.74) is 0. The fourth-order valence-electron chi connectivity index (χ4n) is 1.84. The Morgan fingerprint density at radius 3 is 2.88 bits per heavy atom. The molecular weight excluding hydrogens is 204 g/mol. The molecule has 0 aliphatic heterocycles. The number of rotatable bonds is 6. The first-order valence-corrected chi connectivity index (χ1v) is 6.04. The fraction of sp³-hybridized carbons (Fsp3) is 0.818. The lowest BCUT2D eigenvalue weighted by Gasteiger charge is -2.28. The lowest BCUT2D eigenvalue weighted by molar-refractivity contribution is 0.315. The number of nitrogens with one attached hydrogen (secondary N) is 1. The minimum absolute atomic E-state index is 0.639. The van der Waals surface area contributed by atoms with Crippen molar-refractivity contribution in [1.82, 2.24) is 15.5 Å². The number of hydrogen-bond donors (Lipinski definition) is 1. The highest BCUT2D eigenvalue weighted by Crippen LogP contribution is 2.27. The van der Waals surface area contributed by atoms with E-state index in [0.29, 0.717) is 18.5 Å². The van der Waals surface area contributed by atoms with Crippen LogP contribution in [0, 0.1) is 5.92 Å². The molecule has 1 heterocycles. The lowest BCUT2D eigenvalue weighted by Crippen LogP contribution is -2.29. The first-order chi connectivity index (χ1) is 7.79. The third kappa shape index (κ3) is 2.72. The maximum Gasteiger partial charge on any atom is 0.317 e. The summed E-state index contributed by atoms with van der Waals surface area (Å²) in [6.45, 7) is 4.65. The summed E-state index contributed by atoms with van der Waals surface area (Å²) in [5, 5.41) is 11.2. The fourth-order valence-corrected chi connectivity index (χ4v) is 1.84. The van der Waals surface area contributed by atoms with Crippen LogP contribution < -0.4 is 10.2 Å². The first-order valence-electron chi connectivity index (χ1n) is 6.04. The molecule has 1 aliphatic rings. The maximum atomic E-state index is 5.56. The van der Waals surface area contributed by atoms with E-state index in [0.717, 1.165) is 19.0 Å². The highest BCUT2D eigenvalue weighted by Gasteiger charge is 2.21. The molecular formula is C11H20N4O. The van der Waals surface area contributed by atoms with Gasteiger partial charge in [-0.2, -0.15) is 0 Å². The highest BCUT2D eigenvalue weighted by atomic mass is 16.4. The molecule has 1 aromatic heterocycles. The summed E-state index contributed by atoms with van der Waals surface area (Å²) in [5.74, 6) is 1.48. The highest BCUT2D eigenvalue weighted by molar-refractivity contribution is 5.22. The van der Waals surface area contributed by atoms with Gasteiger partial charge in [-0.3, -0.25) is 0 Å². The topological polar surface area (TPSA) is 54.2 Å². The Kier molecular flexibility index (Phi) is 3.77. The third-order valence-electron chi connectivity index (χ3n) is 3.07. The minimum Gasteiger partial charge on any atom is -0.407 e. The molecule has 0 atom stereocenters. The molecule has 0 bridgehead atoms. The zero-order valence-electron chi connectivity index (χ0n) is 10.1. The predicted octanol–water partition coefficient (Wildman–Crippen LogP) is 1.42. The Bertz CT molecular complexity index is 322. The molecule has 0 radical (unpaired) electrons. The molecule has 90 valence electrons. The Labute approximate surface area is 96.2 Å². The third-order valence-corrected chi connectivity index (χ3v) is 3.07. The molecule has 0 unspecified atom stereocenters. The predicted molar refractivity (Wildman–Crippen MR) is 62.3 cm³/mol. The van der Waals surface area contributed by atoms with Gasteiger partial charge in [0.2, 0.25) is 5.89 Å². The van der Waals surface area contributed by atoms with Gasteiger partial charge in [0.25, 0.3) is 0 Å². The maximum absolute atomic E-state index is 5.56. The average Bonchev–Trinajstić information content (AvgIpc) is 2.69. The normalized spacial score (nSPS) is 16.1. The second kappa shape index (κ2) is 5.30. The molecule has 1 saturated carbocycles. The summed E-state index contributed by atoms with van der Waals surface area (Å²) in [4.78, 5) is 2.06. The lowest BCUT2D eigenvalue weighted by atomic mass is 9.85. The van der Waals surface area contributed by atoms with Crippen LogP contribution in [0.25, 0.3) is 0 Å². The van der Waals surface area contributed by atoms with Gasteiger partial charge in [-0.25, -0.2) is 0 Å². The Hall–Kier alpha value is -1.10. The van der Waals surface area contributed by atoms with E-state index in [1.165, 1.54) is 19.3 Å². The van der Waals surface area contributed by atoms with Crippen molar-refractivity contribution in [3.8, 4) is 0 Å². The molecule has 1 aromatic rings. The van der Waals surface area contributed by atoms with Crippen molar-refractivity contribution in [3.05, 3.63) is 5.89 Å². The second-order valence-electron chi connectivity index (χ2n) is 4.44. The molecule has 1 fully saturated rings. The number of anilines is 1. The van der Waals surface area contributed by atoms with Crippen LogP contribution in [0.2, 0.25) is 0 Å². The van der Waals surface area contributed by atoms with Crippen molar-refractivity contribution in [2.45, 2.75) is 32.7 Å². The van der Waals surface area contributed by atoms with Crippen LogP contribution in [0.1, 0.15) is 32.1 Å². The van der Waals surface area contributed by atoms with Gasteiger partial charge in [0.1, 0.15) is 0 Å². The molecule has 0 spiro atoms. The standard InChI is InChI=1S/C11H20N4O/c1-3-12-7-10-13-14-11(16-10)15(2)8-9-5-4-6-9/h9,12H,3-8H2,1-2H3. The monoisotopic (exact) mass is 224 g/mol. The zero-order valence-corrected chi connectivity index (χ0v) is 10.1. The molecule has 0 saturated heterocycles. The van der Waals surface area contributed by atoms with E-state index in [9.17, 15) is 0 Å². The zero-order chi connectivity index (χ0) is 11.4. The van der Waals surface area contributed by atoms with Crippen LogP contribution >= 0.6 is 0 Å². The Balaban J connectivity index is 1.84. The van der Waals surface area contributed by atoms with Crippen LogP contribution in [-0.4, -0.2) is 30.3 Å². The van der Waals surface area contributed by atoms with Gasteiger partial charge in [0.05, 0.1) is 6.54 Å². The quantitative estimate of drug-likeness (QED) is 0.792. The van der Waals surface area contributed by atoms with Gasteiger partial charge < -0.3 is 14.6 Å². The van der Waals surface area contributed by atoms with E-state index in [1.54, 1.807) is 0 Å². The van der Waals surface area contributed by atoms with Crippen LogP contribution in [-0.2, 0) is 6.54 Å². The summed E-state index contributed by atoms with van der Waals surface area (Å²) in [6.07, 6.45) is 4.04. The largest absolute Gasteiger partial charge is 0.407 e. The van der Waals surface area contributed by atoms with E-state index in [-0.39, 0.29) is 0 Å². The van der Waals surface area contributed by atoms with Gasteiger partial charge in [-0.05, 0) is 25.3 Å². The molecule has 1 aliphatic carbocycles. The molecule has 5 heteroatoms. The molecule has 1 N–H and O–H groups in total. The number of nitrogens with zero attached hydrogens (tertiary/aromatic N) is 3. The molecule has 0 aromatic carbocycles. The molecule has 16 heavy (non-hydrogen) atoms. The number of aromatic nitrogens is 2. The van der Waals surface area contributed by atoms with Crippen molar-refractivity contribution in [2.24, 2.45) is 5.92 Å². The first kappa shape index (κ1) is 11.4. The summed E-state index contributed by atoms with van der Waals surface area (Å²) in [7, 11) is 2.02. The average molecular weight is 224 g/mol. The van der Waals surface area contributed by atoms with E-state index >= 15 is 0 Å². The Morgan fingerprint density at radius 2 is 2.25 bits per heavy atom. The Morgan fingerprint density at radius 1 is 1.44 bits per heavy atom. The molecule has 0 amide bonds. The molecule has 5 nitrogen and oxygen atoms in total. The minimum atomic E-state index is 0.639. The van der Waals surface area contributed by atoms with Crippen molar-refractivity contribution in [3.63, 3.8) is 0 Å². The van der Waals surface area contributed by atoms with Crippen molar-refractivity contribution >= 4 is 6.01 Å². The molecule has 2 rings (SSSR count). The smallest absolute Gasteiger partial charge is 0.317 e. The van der Waals surface area contributed by atoms with Crippen molar-refractivity contribution < 1.29 is 4.42 Å².